The third kappa shape index (κ3) is 11.8. The Bertz CT molecular complexity index is 3220. The number of benzene rings is 8. The van der Waals surface area contributed by atoms with Gasteiger partial charge in [-0.15, -0.1) is 0 Å². The van der Waals surface area contributed by atoms with Crippen LogP contribution in [0, 0.1) is 0 Å². The van der Waals surface area contributed by atoms with E-state index in [1.165, 1.54) is 52.6 Å². The van der Waals surface area contributed by atoms with Gasteiger partial charge in [0, 0.05) is 68.3 Å². The molecule has 13 heteroatoms. The van der Waals surface area contributed by atoms with Gasteiger partial charge in [0.25, 0.3) is 0 Å². The van der Waals surface area contributed by atoms with Crippen LogP contribution < -0.4 is 24.9 Å². The van der Waals surface area contributed by atoms with Crippen LogP contribution in [0.15, 0.2) is 152 Å². The number of anilines is 4. The highest BCUT2D eigenvalue weighted by molar-refractivity contribution is 6.23. The SMILES string of the molecule is O=C(CCCc1ccc2ccc3cccc4ccc1c2c34)NCCC(=O)N1CCCCN(C(=O)O)c2ccc(cc2)Cc2ccc(cc2)N(C(=O)O)CCCCN(C(=O)O)c2ccc(cc2)Cc2ccc1cc2. The zero-order valence-electron chi connectivity index (χ0n) is 40.7. The summed E-state index contributed by atoms with van der Waals surface area (Å²) in [5.74, 6) is -0.273. The standard InChI is InChI=1S/C60H59N5O8/c66-54(10-6-7-45-19-20-48-22-21-46-8-5-9-47-23-32-53(45)57(48)56(46)47)61-34-33-55(67)62-35-1-2-36-63(58(68)69)50-26-15-43(16-27-50)40-44-17-30-52(31-18-44)65(60(72)73)38-4-3-37-64(59(70)71)51-28-13-42(14-29-51)39-41-11-24-49(62)25-12-41/h5,8-9,11-32H,1-4,6-7,10,33-40H2,(H,61,66)(H,68,69)(H,70,71)(H,72,73). The first-order valence-corrected chi connectivity index (χ1v) is 25.1. The van der Waals surface area contributed by atoms with Gasteiger partial charge >= 0.3 is 18.3 Å². The Balaban J connectivity index is 0.869. The summed E-state index contributed by atoms with van der Waals surface area (Å²) in [6, 6.07) is 49.0. The Labute approximate surface area is 424 Å². The summed E-state index contributed by atoms with van der Waals surface area (Å²) in [6.45, 7) is 1.11. The predicted octanol–water partition coefficient (Wildman–Crippen LogP) is 12.4. The van der Waals surface area contributed by atoms with Gasteiger partial charge in [-0.2, -0.15) is 0 Å². The van der Waals surface area contributed by atoms with Gasteiger partial charge < -0.3 is 25.5 Å². The van der Waals surface area contributed by atoms with Crippen LogP contribution in [0.1, 0.15) is 72.8 Å². The van der Waals surface area contributed by atoms with E-state index >= 15 is 0 Å². The quantitative estimate of drug-likeness (QED) is 0.114. The molecule has 0 saturated heterocycles. The zero-order valence-corrected chi connectivity index (χ0v) is 40.7. The van der Waals surface area contributed by atoms with Gasteiger partial charge in [0.05, 0.1) is 0 Å². The second kappa shape index (κ2) is 22.7. The largest absolute Gasteiger partial charge is 0.465 e. The van der Waals surface area contributed by atoms with Crippen LogP contribution in [0.25, 0.3) is 32.3 Å². The fourth-order valence-corrected chi connectivity index (χ4v) is 10.1. The second-order valence-electron chi connectivity index (χ2n) is 18.8. The molecule has 0 unspecified atom stereocenters. The summed E-state index contributed by atoms with van der Waals surface area (Å²) in [5, 5.41) is 40.7. The van der Waals surface area contributed by atoms with Gasteiger partial charge in [0.15, 0.2) is 0 Å². The molecule has 13 nitrogen and oxygen atoms in total. The number of carbonyl (C=O) groups excluding carboxylic acids is 2. The van der Waals surface area contributed by atoms with Crippen LogP contribution in [0.2, 0.25) is 0 Å². The molecule has 0 aliphatic carbocycles. The highest BCUT2D eigenvalue weighted by atomic mass is 16.4. The number of amides is 5. The minimum Gasteiger partial charge on any atom is -0.465 e. The Kier molecular flexibility index (Phi) is 15.4. The summed E-state index contributed by atoms with van der Waals surface area (Å²) in [7, 11) is 0. The molecule has 7 aliphatic heterocycles. The molecule has 0 radical (unpaired) electrons. The number of carboxylic acid groups (broad SMARTS) is 3. The van der Waals surface area contributed by atoms with E-state index in [2.05, 4.69) is 59.9 Å². The molecule has 8 aromatic carbocycles. The maximum Gasteiger partial charge on any atom is 0.411 e. The van der Waals surface area contributed by atoms with Crippen molar-refractivity contribution in [1.29, 1.82) is 0 Å². The van der Waals surface area contributed by atoms with E-state index < -0.39 is 18.3 Å². The van der Waals surface area contributed by atoms with Gasteiger partial charge in [0.1, 0.15) is 0 Å². The van der Waals surface area contributed by atoms with Crippen molar-refractivity contribution in [2.24, 2.45) is 0 Å². The van der Waals surface area contributed by atoms with Gasteiger partial charge in [-0.3, -0.25) is 24.3 Å². The van der Waals surface area contributed by atoms with Crippen molar-refractivity contribution in [2.45, 2.75) is 64.2 Å². The van der Waals surface area contributed by atoms with Gasteiger partial charge in [-0.1, -0.05) is 103 Å². The lowest BCUT2D eigenvalue weighted by atomic mass is 9.90. The van der Waals surface area contributed by atoms with Crippen LogP contribution in [0.3, 0.4) is 0 Å². The lowest BCUT2D eigenvalue weighted by molar-refractivity contribution is -0.121. The number of rotatable bonds is 7. The first-order chi connectivity index (χ1) is 35.5. The third-order valence-corrected chi connectivity index (χ3v) is 14.0. The average molecular weight is 978 g/mol. The molecule has 0 aromatic heterocycles. The molecule has 0 atom stereocenters. The van der Waals surface area contributed by atoms with Gasteiger partial charge in [0.2, 0.25) is 11.8 Å². The zero-order chi connectivity index (χ0) is 50.8. The van der Waals surface area contributed by atoms with Crippen LogP contribution in [-0.2, 0) is 28.9 Å². The van der Waals surface area contributed by atoms with Crippen molar-refractivity contribution in [2.75, 3.05) is 52.3 Å². The van der Waals surface area contributed by atoms with Crippen molar-refractivity contribution < 1.29 is 39.3 Å². The molecule has 73 heavy (non-hydrogen) atoms. The maximum absolute atomic E-state index is 14.1. The van der Waals surface area contributed by atoms with Crippen molar-refractivity contribution in [3.05, 3.63) is 179 Å². The van der Waals surface area contributed by atoms with Crippen molar-refractivity contribution in [1.82, 2.24) is 5.32 Å². The number of nitrogens with zero attached hydrogens (tertiary/aromatic N) is 4. The molecule has 15 rings (SSSR count). The van der Waals surface area contributed by atoms with E-state index in [0.717, 1.165) is 28.7 Å². The number of nitrogens with one attached hydrogen (secondary N) is 1. The molecular formula is C60H59N5O8. The van der Waals surface area contributed by atoms with Crippen LogP contribution in [0.4, 0.5) is 37.1 Å². The second-order valence-corrected chi connectivity index (χ2v) is 18.8. The minimum absolute atomic E-state index is 0.0841. The Morgan fingerprint density at radius 2 is 0.808 bits per heavy atom. The van der Waals surface area contributed by atoms with Crippen molar-refractivity contribution in [3.63, 3.8) is 0 Å². The highest BCUT2D eigenvalue weighted by Crippen LogP contribution is 2.36. The maximum atomic E-state index is 14.1. The molecule has 0 saturated carbocycles. The third-order valence-electron chi connectivity index (χ3n) is 14.0. The van der Waals surface area contributed by atoms with E-state index in [4.69, 9.17) is 0 Å². The fourth-order valence-electron chi connectivity index (χ4n) is 10.1. The molecule has 372 valence electrons. The van der Waals surface area contributed by atoms with Crippen LogP contribution >= 0.6 is 0 Å². The van der Waals surface area contributed by atoms with Crippen LogP contribution in [0.5, 0.6) is 0 Å². The Hall–Kier alpha value is -8.45. The highest BCUT2D eigenvalue weighted by Gasteiger charge is 2.21. The molecule has 7 heterocycles. The van der Waals surface area contributed by atoms with E-state index in [0.29, 0.717) is 80.7 Å². The molecule has 7 aliphatic rings. The first kappa shape index (κ1) is 49.5. The number of aryl methyl sites for hydroxylation is 1. The van der Waals surface area contributed by atoms with E-state index in [-0.39, 0.29) is 44.4 Å². The van der Waals surface area contributed by atoms with Gasteiger partial charge in [-0.05, 0) is 160 Å². The van der Waals surface area contributed by atoms with E-state index in [1.54, 1.807) is 41.3 Å². The summed E-state index contributed by atoms with van der Waals surface area (Å²) in [6.07, 6.45) is 1.53. The molecule has 8 bridgehead atoms. The summed E-state index contributed by atoms with van der Waals surface area (Å²) < 4.78 is 0. The van der Waals surface area contributed by atoms with E-state index in [9.17, 15) is 39.3 Å². The Morgan fingerprint density at radius 3 is 1.25 bits per heavy atom. The summed E-state index contributed by atoms with van der Waals surface area (Å²) in [4.78, 5) is 69.9. The minimum atomic E-state index is -1.10. The number of hydrogen-bond donors (Lipinski definition) is 4. The van der Waals surface area contributed by atoms with Crippen molar-refractivity contribution >= 4 is 85.2 Å². The van der Waals surface area contributed by atoms with Gasteiger partial charge in [-0.25, -0.2) is 14.4 Å². The Morgan fingerprint density at radius 1 is 0.425 bits per heavy atom. The van der Waals surface area contributed by atoms with E-state index in [1.807, 2.05) is 60.7 Å². The van der Waals surface area contributed by atoms with Crippen LogP contribution in [-0.4, -0.2) is 78.1 Å². The number of hydrogen-bond acceptors (Lipinski definition) is 5. The predicted molar refractivity (Wildman–Crippen MR) is 289 cm³/mol. The number of carbonyl (C=O) groups is 5. The molecular weight excluding hydrogens is 919 g/mol. The fraction of sp³-hybridized carbons (Fsp3) is 0.250. The topological polar surface area (TPSA) is 171 Å². The molecule has 5 amide bonds. The average Bonchev–Trinajstić information content (AvgIpc) is 3.39. The molecule has 4 N–H and O–H groups in total. The first-order valence-electron chi connectivity index (χ1n) is 25.1. The van der Waals surface area contributed by atoms with Crippen molar-refractivity contribution in [3.8, 4) is 0 Å². The smallest absolute Gasteiger partial charge is 0.411 e. The summed E-state index contributed by atoms with van der Waals surface area (Å²) in [5.41, 5.74) is 7.29. The lowest BCUT2D eigenvalue weighted by Gasteiger charge is -2.25. The molecule has 0 spiro atoms. The normalized spacial score (nSPS) is 14.1. The summed E-state index contributed by atoms with van der Waals surface area (Å²) >= 11 is 0. The lowest BCUT2D eigenvalue weighted by Crippen LogP contribution is -2.36. The monoisotopic (exact) mass is 977 g/mol. The molecule has 0 fully saturated rings. The molecule has 8 aromatic rings.